The van der Waals surface area contributed by atoms with Crippen molar-refractivity contribution in [3.63, 3.8) is 0 Å². The second-order valence-electron chi connectivity index (χ2n) is 2.87. The molecule has 15 heavy (non-hydrogen) atoms. The van der Waals surface area contributed by atoms with E-state index in [9.17, 15) is 22.5 Å². The molecule has 1 aromatic rings. The maximum absolute atomic E-state index is 12.0. The minimum Gasteiger partial charge on any atom is -0.448 e. The Morgan fingerprint density at radius 2 is 1.87 bits per heavy atom. The summed E-state index contributed by atoms with van der Waals surface area (Å²) in [7, 11) is 1.28. The van der Waals surface area contributed by atoms with E-state index in [4.69, 9.17) is 0 Å². The van der Waals surface area contributed by atoms with Crippen molar-refractivity contribution in [1.29, 1.82) is 0 Å². The molecule has 0 unspecified atom stereocenters. The molecule has 0 aliphatic carbocycles. The molecule has 0 aliphatic heterocycles. The van der Waals surface area contributed by atoms with E-state index in [1.165, 1.54) is 7.05 Å². The second-order valence-corrected chi connectivity index (χ2v) is 2.87. The fourth-order valence-corrected chi connectivity index (χ4v) is 0.989. The molecular weight excluding hydrogens is 239 g/mol. The summed E-state index contributed by atoms with van der Waals surface area (Å²) < 4.78 is 37.0. The molecule has 0 bridgehead atoms. The molecule has 0 fully saturated rings. The Balaban J connectivity index is 0.00000196. The molecule has 1 aromatic heterocycles. The van der Waals surface area contributed by atoms with Crippen molar-refractivity contribution in [2.24, 2.45) is 7.05 Å². The van der Waals surface area contributed by atoms with Gasteiger partial charge in [0.15, 0.2) is 0 Å². The van der Waals surface area contributed by atoms with Gasteiger partial charge in [-0.25, -0.2) is 4.79 Å². The maximum atomic E-state index is 12.0. The zero-order chi connectivity index (χ0) is 10.9. The predicted molar refractivity (Wildman–Crippen MR) is 45.0 cm³/mol. The number of halogens is 3. The van der Waals surface area contributed by atoms with Gasteiger partial charge < -0.3 is 17.5 Å². The van der Waals surface area contributed by atoms with Crippen LogP contribution in [0.3, 0.4) is 0 Å². The fourth-order valence-electron chi connectivity index (χ4n) is 0.989. The summed E-state index contributed by atoms with van der Waals surface area (Å²) in [6.07, 6.45) is -0.364. The summed E-state index contributed by atoms with van der Waals surface area (Å²) in [4.78, 5) is 22.0. The average Bonchev–Trinajstić information content (AvgIpc) is 2.04. The van der Waals surface area contributed by atoms with Crippen LogP contribution in [-0.4, -0.2) is 16.1 Å². The van der Waals surface area contributed by atoms with E-state index >= 15 is 0 Å². The first-order chi connectivity index (χ1) is 6.31. The van der Waals surface area contributed by atoms with Gasteiger partial charge in [-0.3, -0.25) is 9.36 Å². The van der Waals surface area contributed by atoms with Crippen molar-refractivity contribution in [1.82, 2.24) is 9.13 Å². The fraction of sp³-hybridized carbons (Fsp3) is 0.333. The molecule has 9 heteroatoms. The normalized spacial score (nSPS) is 10.9. The van der Waals surface area contributed by atoms with Gasteiger partial charge in [0.25, 0.3) is 5.56 Å². The van der Waals surface area contributed by atoms with E-state index in [0.717, 1.165) is 16.8 Å². The van der Waals surface area contributed by atoms with Gasteiger partial charge in [0.1, 0.15) is 0 Å². The number of aromatic nitrogens is 2. The van der Waals surface area contributed by atoms with Crippen molar-refractivity contribution in [2.75, 3.05) is 0 Å². The first kappa shape index (κ1) is 15.2. The first-order valence-corrected chi connectivity index (χ1v) is 3.79. The number of aryl methyl sites for hydroxylation is 1. The summed E-state index contributed by atoms with van der Waals surface area (Å²) in [5.41, 5.74) is -1.90. The number of hydrogen-bond donors (Lipinski definition) is 0. The van der Waals surface area contributed by atoms with Crippen LogP contribution in [-0.2, 0) is 13.5 Å². The number of rotatable bonds is 2. The largest absolute Gasteiger partial charge is 1.00 e. The molecule has 0 spiro atoms. The van der Waals surface area contributed by atoms with Crippen molar-refractivity contribution in [2.45, 2.75) is 6.44 Å². The molecule has 78 valence electrons. The van der Waals surface area contributed by atoms with Crippen LogP contribution < -0.4 is 62.6 Å². The van der Waals surface area contributed by atoms with Crippen LogP contribution in [0.25, 0.3) is 0 Å². The van der Waals surface area contributed by atoms with Crippen LogP contribution >= 0.6 is 0 Å². The summed E-state index contributed by atoms with van der Waals surface area (Å²) in [6, 6.07) is 0.920. The van der Waals surface area contributed by atoms with Crippen LogP contribution in [0, 0.1) is 0 Å². The zero-order valence-corrected chi connectivity index (χ0v) is 11.4. The Hall–Kier alpha value is 0.171. The summed E-state index contributed by atoms with van der Waals surface area (Å²) >= 11 is 0. The minimum absolute atomic E-state index is 0. The van der Waals surface area contributed by atoms with Gasteiger partial charge in [-0.05, 0) is 0 Å². The molecule has 0 N–H and O–H groups in total. The van der Waals surface area contributed by atoms with E-state index in [-0.39, 0.29) is 56.0 Å². The Morgan fingerprint density at radius 3 is 2.33 bits per heavy atom. The zero-order valence-electron chi connectivity index (χ0n) is 8.28. The van der Waals surface area contributed by atoms with Gasteiger partial charge in [-0.2, -0.15) is 0 Å². The van der Waals surface area contributed by atoms with Gasteiger partial charge >= 0.3 is 64.1 Å². The summed E-state index contributed by atoms with van der Waals surface area (Å²) in [6.45, 7) is -5.18. The molecule has 1 heterocycles. The molecule has 0 amide bonds. The minimum atomic E-state index is -5.18. The maximum Gasteiger partial charge on any atom is 1.00 e. The van der Waals surface area contributed by atoms with Gasteiger partial charge in [0, 0.05) is 25.8 Å². The van der Waals surface area contributed by atoms with Crippen molar-refractivity contribution < 1.29 is 64.3 Å². The monoisotopic (exact) mass is 246 g/mol. The van der Waals surface area contributed by atoms with Crippen LogP contribution in [0.15, 0.2) is 21.9 Å². The van der Waals surface area contributed by atoms with E-state index in [1.54, 1.807) is 0 Å². The quantitative estimate of drug-likeness (QED) is 0.520. The van der Waals surface area contributed by atoms with E-state index in [0.29, 0.717) is 0 Å². The predicted octanol–water partition coefficient (Wildman–Crippen LogP) is -3.06. The second kappa shape index (κ2) is 5.48. The van der Waals surface area contributed by atoms with Crippen LogP contribution in [0.1, 0.15) is 0 Å². The van der Waals surface area contributed by atoms with Crippen molar-refractivity contribution in [3.05, 3.63) is 33.1 Å². The van der Waals surface area contributed by atoms with E-state index < -0.39 is 24.7 Å². The number of nitrogens with zero attached hydrogens (tertiary/aromatic N) is 2. The molecule has 0 saturated carbocycles. The van der Waals surface area contributed by atoms with Gasteiger partial charge in [-0.15, -0.1) is 0 Å². The third kappa shape index (κ3) is 4.27. The van der Waals surface area contributed by atoms with Crippen molar-refractivity contribution >= 4 is 6.98 Å². The van der Waals surface area contributed by atoms with Crippen LogP contribution in [0.2, 0.25) is 0 Å². The van der Waals surface area contributed by atoms with Gasteiger partial charge in [0.2, 0.25) is 0 Å². The Bertz CT molecular complexity index is 453. The Morgan fingerprint density at radius 1 is 1.33 bits per heavy atom. The molecule has 4 nitrogen and oxygen atoms in total. The number of hydrogen-bond acceptors (Lipinski definition) is 2. The Kier molecular flexibility index (Phi) is 5.55. The molecule has 0 atom stereocenters. The molecule has 0 saturated heterocycles. The first-order valence-electron chi connectivity index (χ1n) is 3.79. The smallest absolute Gasteiger partial charge is 0.448 e. The van der Waals surface area contributed by atoms with E-state index in [2.05, 4.69) is 0 Å². The summed E-state index contributed by atoms with van der Waals surface area (Å²) in [5.74, 6) is 0. The molecule has 0 aromatic carbocycles. The third-order valence-electron chi connectivity index (χ3n) is 1.63. The average molecular weight is 246 g/mol. The van der Waals surface area contributed by atoms with E-state index in [1.807, 2.05) is 0 Å². The third-order valence-corrected chi connectivity index (χ3v) is 1.63. The van der Waals surface area contributed by atoms with Crippen LogP contribution in [0.5, 0.6) is 0 Å². The van der Waals surface area contributed by atoms with Crippen LogP contribution in [0.4, 0.5) is 12.9 Å². The SMILES string of the molecule is Cn1ccc(=O)n(C[B-](F)(F)F)c1=O.[K+]. The summed E-state index contributed by atoms with van der Waals surface area (Å²) in [5, 5.41) is 0. The standard InChI is InChI=1S/C6H7BF3N2O2.K/c1-11-3-2-5(13)12(6(11)14)4-7(8,9)10;/h2-3H,4H2,1H3;/q-1;+1. The topological polar surface area (TPSA) is 44.0 Å². The molecule has 1 rings (SSSR count). The molecule has 0 aliphatic rings. The Labute approximate surface area is 126 Å². The van der Waals surface area contributed by atoms with Crippen molar-refractivity contribution in [3.8, 4) is 0 Å². The van der Waals surface area contributed by atoms with Gasteiger partial charge in [-0.1, -0.05) is 0 Å². The van der Waals surface area contributed by atoms with Gasteiger partial charge in [0.05, 0.1) is 0 Å². The molecular formula is C6H7BF3KN2O2. The molecule has 0 radical (unpaired) electrons.